The predicted octanol–water partition coefficient (Wildman–Crippen LogP) is 9.52. The maximum atomic E-state index is 14.4. The van der Waals surface area contributed by atoms with Gasteiger partial charge in [0, 0.05) is 5.56 Å². The summed E-state index contributed by atoms with van der Waals surface area (Å²) in [5.41, 5.74) is 0.901. The molecule has 1 unspecified atom stereocenters. The van der Waals surface area contributed by atoms with Gasteiger partial charge in [-0.1, -0.05) is 134 Å². The zero-order valence-electron chi connectivity index (χ0n) is 23.1. The normalized spacial score (nSPS) is 14.6. The van der Waals surface area contributed by atoms with E-state index in [2.05, 4.69) is 16.9 Å². The Bertz CT molecular complexity index is 842. The molecule has 1 aromatic heterocycles. The van der Waals surface area contributed by atoms with Gasteiger partial charge in [0.15, 0.2) is 11.6 Å². The van der Waals surface area contributed by atoms with Crippen molar-refractivity contribution >= 4 is 0 Å². The Labute approximate surface area is 224 Å². The summed E-state index contributed by atoms with van der Waals surface area (Å²) in [6.45, 7) is 2.76. The largest absolute Gasteiger partial charge is 0.487 e. The third-order valence-electron chi connectivity index (χ3n) is 7.52. The molecule has 37 heavy (non-hydrogen) atoms. The highest BCUT2D eigenvalue weighted by Gasteiger charge is 2.15. The lowest BCUT2D eigenvalue weighted by atomic mass is 9.99. The summed E-state index contributed by atoms with van der Waals surface area (Å²) >= 11 is 0. The number of rotatable bonds is 20. The molecule has 2 aromatic rings. The third kappa shape index (κ3) is 11.8. The molecule has 0 aliphatic heterocycles. The molecule has 0 amide bonds. The van der Waals surface area contributed by atoms with Crippen LogP contribution in [0.25, 0.3) is 11.4 Å². The second-order valence-corrected chi connectivity index (χ2v) is 10.7. The van der Waals surface area contributed by atoms with E-state index in [1.807, 2.05) is 30.3 Å². The van der Waals surface area contributed by atoms with Gasteiger partial charge in [0.25, 0.3) is 5.88 Å². The number of benzene rings is 1. The van der Waals surface area contributed by atoms with Gasteiger partial charge in [-0.2, -0.15) is 4.98 Å². The van der Waals surface area contributed by atoms with Crippen LogP contribution < -0.4 is 9.47 Å². The van der Waals surface area contributed by atoms with E-state index in [1.165, 1.54) is 64.2 Å². The lowest BCUT2D eigenvalue weighted by Gasteiger charge is -2.14. The van der Waals surface area contributed by atoms with Crippen molar-refractivity contribution in [3.63, 3.8) is 0 Å². The van der Waals surface area contributed by atoms with Crippen molar-refractivity contribution in [3.8, 4) is 23.0 Å². The van der Waals surface area contributed by atoms with Gasteiger partial charge in [-0.25, -0.2) is 9.37 Å². The SMILES string of the molecule is CCCCCCC(F)COc1nc(-c2ccccc2)ncc1OCCCCCCCCCC1CCCC1. The summed E-state index contributed by atoms with van der Waals surface area (Å²) < 4.78 is 26.3. The van der Waals surface area contributed by atoms with Crippen molar-refractivity contribution < 1.29 is 13.9 Å². The first-order chi connectivity index (χ1) is 18.3. The van der Waals surface area contributed by atoms with E-state index in [-0.39, 0.29) is 6.61 Å². The minimum Gasteiger partial charge on any atom is -0.487 e. The number of unbranched alkanes of at least 4 members (excludes halogenated alkanes) is 9. The molecule has 1 aliphatic carbocycles. The minimum atomic E-state index is -1.00. The molecule has 1 aliphatic rings. The van der Waals surface area contributed by atoms with Gasteiger partial charge in [-0.3, -0.25) is 0 Å². The van der Waals surface area contributed by atoms with Gasteiger partial charge < -0.3 is 9.47 Å². The Morgan fingerprint density at radius 1 is 0.865 bits per heavy atom. The summed E-state index contributed by atoms with van der Waals surface area (Å²) in [6, 6.07) is 9.78. The van der Waals surface area contributed by atoms with Crippen molar-refractivity contribution in [2.75, 3.05) is 13.2 Å². The molecule has 1 saturated carbocycles. The second-order valence-electron chi connectivity index (χ2n) is 10.7. The van der Waals surface area contributed by atoms with Gasteiger partial charge in [0.05, 0.1) is 12.8 Å². The number of aromatic nitrogens is 2. The Morgan fingerprint density at radius 2 is 1.57 bits per heavy atom. The van der Waals surface area contributed by atoms with E-state index in [9.17, 15) is 4.39 Å². The van der Waals surface area contributed by atoms with Crippen LogP contribution >= 0.6 is 0 Å². The third-order valence-corrected chi connectivity index (χ3v) is 7.52. The van der Waals surface area contributed by atoms with E-state index in [4.69, 9.17) is 9.47 Å². The molecule has 0 bridgehead atoms. The number of ether oxygens (including phenoxy) is 2. The van der Waals surface area contributed by atoms with E-state index < -0.39 is 6.17 Å². The standard InChI is InChI=1S/C32H49FN2O2/c1-2-3-4-14-23-29(33)26-37-32-30(25-34-31(35-32)28-21-12-10-13-22-28)36-24-17-9-7-5-6-8-11-18-27-19-15-16-20-27/h10,12-13,21-22,25,27,29H,2-9,11,14-20,23-24,26H2,1H3. The molecule has 206 valence electrons. The lowest BCUT2D eigenvalue weighted by molar-refractivity contribution is 0.170. The van der Waals surface area contributed by atoms with Crippen LogP contribution in [0.2, 0.25) is 0 Å². The Hall–Kier alpha value is -2.17. The molecular weight excluding hydrogens is 463 g/mol. The fourth-order valence-electron chi connectivity index (χ4n) is 5.23. The molecule has 5 heteroatoms. The highest BCUT2D eigenvalue weighted by atomic mass is 19.1. The number of halogens is 1. The molecule has 1 atom stereocenters. The quantitative estimate of drug-likeness (QED) is 0.166. The van der Waals surface area contributed by atoms with E-state index >= 15 is 0 Å². The van der Waals surface area contributed by atoms with Crippen LogP contribution in [0, 0.1) is 5.92 Å². The Kier molecular flexibility index (Phi) is 14.4. The molecule has 1 aromatic carbocycles. The average molecular weight is 513 g/mol. The van der Waals surface area contributed by atoms with Crippen molar-refractivity contribution in [2.24, 2.45) is 5.92 Å². The summed E-state index contributed by atoms with van der Waals surface area (Å²) in [5.74, 6) is 2.43. The molecule has 1 fully saturated rings. The van der Waals surface area contributed by atoms with Crippen molar-refractivity contribution in [1.82, 2.24) is 9.97 Å². The Morgan fingerprint density at radius 3 is 2.32 bits per heavy atom. The molecule has 0 radical (unpaired) electrons. The molecule has 3 rings (SSSR count). The maximum absolute atomic E-state index is 14.4. The molecular formula is C32H49FN2O2. The summed E-state index contributed by atoms with van der Waals surface area (Å²) in [5, 5.41) is 0. The Balaban J connectivity index is 1.38. The monoisotopic (exact) mass is 512 g/mol. The first kappa shape index (κ1) is 29.4. The van der Waals surface area contributed by atoms with Gasteiger partial charge in [-0.05, 0) is 18.8 Å². The van der Waals surface area contributed by atoms with Crippen molar-refractivity contribution in [3.05, 3.63) is 36.5 Å². The smallest absolute Gasteiger partial charge is 0.260 e. The zero-order valence-corrected chi connectivity index (χ0v) is 23.1. The number of hydrogen-bond donors (Lipinski definition) is 0. The van der Waals surface area contributed by atoms with Gasteiger partial charge in [-0.15, -0.1) is 0 Å². The average Bonchev–Trinajstić information content (AvgIpc) is 3.45. The van der Waals surface area contributed by atoms with Crippen LogP contribution in [-0.2, 0) is 0 Å². The molecule has 1 heterocycles. The second kappa shape index (κ2) is 18.1. The summed E-state index contributed by atoms with van der Waals surface area (Å²) in [4.78, 5) is 9.07. The predicted molar refractivity (Wildman–Crippen MR) is 151 cm³/mol. The van der Waals surface area contributed by atoms with Gasteiger partial charge in [0.1, 0.15) is 12.8 Å². The van der Waals surface area contributed by atoms with Gasteiger partial charge >= 0.3 is 0 Å². The molecule has 0 spiro atoms. The van der Waals surface area contributed by atoms with E-state index in [1.54, 1.807) is 6.20 Å². The lowest BCUT2D eigenvalue weighted by Crippen LogP contribution is -2.14. The number of alkyl halides is 1. The van der Waals surface area contributed by atoms with Crippen LogP contribution in [0.4, 0.5) is 4.39 Å². The molecule has 4 nitrogen and oxygen atoms in total. The van der Waals surface area contributed by atoms with E-state index in [0.29, 0.717) is 30.5 Å². The summed E-state index contributed by atoms with van der Waals surface area (Å²) in [6.07, 6.45) is 21.6. The van der Waals surface area contributed by atoms with Crippen LogP contribution in [0.3, 0.4) is 0 Å². The van der Waals surface area contributed by atoms with Crippen LogP contribution in [0.15, 0.2) is 36.5 Å². The number of nitrogens with zero attached hydrogens (tertiary/aromatic N) is 2. The highest BCUT2D eigenvalue weighted by molar-refractivity contribution is 5.56. The topological polar surface area (TPSA) is 44.2 Å². The first-order valence-electron chi connectivity index (χ1n) is 15.1. The van der Waals surface area contributed by atoms with Crippen LogP contribution in [0.5, 0.6) is 11.6 Å². The van der Waals surface area contributed by atoms with Crippen LogP contribution in [-0.4, -0.2) is 29.4 Å². The molecule has 0 saturated heterocycles. The van der Waals surface area contributed by atoms with Crippen molar-refractivity contribution in [2.45, 2.75) is 122 Å². The fraction of sp³-hybridized carbons (Fsp3) is 0.688. The first-order valence-corrected chi connectivity index (χ1v) is 15.1. The summed E-state index contributed by atoms with van der Waals surface area (Å²) in [7, 11) is 0. The highest BCUT2D eigenvalue weighted by Crippen LogP contribution is 2.30. The van der Waals surface area contributed by atoms with Crippen LogP contribution in [0.1, 0.15) is 116 Å². The number of hydrogen-bond acceptors (Lipinski definition) is 4. The van der Waals surface area contributed by atoms with Gasteiger partial charge in [0.2, 0.25) is 0 Å². The molecule has 0 N–H and O–H groups in total. The fourth-order valence-corrected chi connectivity index (χ4v) is 5.23. The van der Waals surface area contributed by atoms with E-state index in [0.717, 1.165) is 50.0 Å². The van der Waals surface area contributed by atoms with Crippen molar-refractivity contribution in [1.29, 1.82) is 0 Å². The zero-order chi connectivity index (χ0) is 26.0. The minimum absolute atomic E-state index is 0.00548. The maximum Gasteiger partial charge on any atom is 0.260 e.